The molecule has 17 heavy (non-hydrogen) atoms. The minimum Gasteiger partial charge on any atom is -0.507 e. The summed E-state index contributed by atoms with van der Waals surface area (Å²) in [7, 11) is 0. The maximum atomic E-state index is 12.7. The van der Waals surface area contributed by atoms with E-state index in [-0.39, 0.29) is 24.1 Å². The zero-order chi connectivity index (χ0) is 13.0. The fourth-order valence-electron chi connectivity index (χ4n) is 1.28. The molecule has 0 aliphatic rings. The van der Waals surface area contributed by atoms with Gasteiger partial charge in [0.25, 0.3) is 5.91 Å². The van der Waals surface area contributed by atoms with E-state index < -0.39 is 17.5 Å². The van der Waals surface area contributed by atoms with Crippen molar-refractivity contribution in [3.05, 3.63) is 29.6 Å². The summed E-state index contributed by atoms with van der Waals surface area (Å²) < 4.78 is 12.7. The molecule has 0 heterocycles. The van der Waals surface area contributed by atoms with Gasteiger partial charge in [0.2, 0.25) is 0 Å². The number of carbonyl (C=O) groups is 1. The first-order valence-electron chi connectivity index (χ1n) is 5.36. The van der Waals surface area contributed by atoms with Crippen LogP contribution >= 0.6 is 0 Å². The molecular formula is C12H16FNO3. The fraction of sp³-hybridized carbons (Fsp3) is 0.417. The molecule has 2 unspecified atom stereocenters. The predicted molar refractivity (Wildman–Crippen MR) is 61.2 cm³/mol. The summed E-state index contributed by atoms with van der Waals surface area (Å²) in [6.45, 7) is 3.49. The summed E-state index contributed by atoms with van der Waals surface area (Å²) in [4.78, 5) is 11.7. The van der Waals surface area contributed by atoms with Crippen LogP contribution in [0.1, 0.15) is 24.2 Å². The Morgan fingerprint density at radius 1 is 1.47 bits per heavy atom. The molecule has 0 fully saturated rings. The highest BCUT2D eigenvalue weighted by atomic mass is 19.1. The maximum absolute atomic E-state index is 12.7. The lowest BCUT2D eigenvalue weighted by molar-refractivity contribution is 0.0913. The number of hydrogen-bond donors (Lipinski definition) is 3. The van der Waals surface area contributed by atoms with Crippen LogP contribution in [0.3, 0.4) is 0 Å². The Labute approximate surface area is 99.1 Å². The van der Waals surface area contributed by atoms with E-state index in [1.165, 1.54) is 6.07 Å². The van der Waals surface area contributed by atoms with Gasteiger partial charge >= 0.3 is 0 Å². The zero-order valence-electron chi connectivity index (χ0n) is 9.77. The summed E-state index contributed by atoms with van der Waals surface area (Å²) in [5, 5.41) is 21.0. The first-order valence-corrected chi connectivity index (χ1v) is 5.36. The number of phenols is 1. The minimum absolute atomic E-state index is 0.0170. The molecule has 0 spiro atoms. The van der Waals surface area contributed by atoms with Gasteiger partial charge in [-0.3, -0.25) is 4.79 Å². The minimum atomic E-state index is -0.601. The Hall–Kier alpha value is -1.62. The maximum Gasteiger partial charge on any atom is 0.255 e. The van der Waals surface area contributed by atoms with Crippen molar-refractivity contribution in [3.8, 4) is 5.75 Å². The molecule has 1 aromatic rings. The van der Waals surface area contributed by atoms with Crippen molar-refractivity contribution in [1.82, 2.24) is 5.32 Å². The summed E-state index contributed by atoms with van der Waals surface area (Å²) in [5.41, 5.74) is 0.0170. The van der Waals surface area contributed by atoms with Crippen LogP contribution in [-0.2, 0) is 0 Å². The second-order valence-electron chi connectivity index (χ2n) is 4.08. The molecule has 0 saturated heterocycles. The monoisotopic (exact) mass is 241 g/mol. The zero-order valence-corrected chi connectivity index (χ0v) is 9.77. The summed E-state index contributed by atoms with van der Waals surface area (Å²) in [6.07, 6.45) is 0. The molecule has 1 amide bonds. The van der Waals surface area contributed by atoms with E-state index in [9.17, 15) is 14.3 Å². The molecule has 2 atom stereocenters. The average Bonchev–Trinajstić information content (AvgIpc) is 2.27. The van der Waals surface area contributed by atoms with Crippen LogP contribution in [0.15, 0.2) is 18.2 Å². The van der Waals surface area contributed by atoms with Gasteiger partial charge in [0.15, 0.2) is 0 Å². The molecule has 0 radical (unpaired) electrons. The van der Waals surface area contributed by atoms with E-state index in [1.807, 2.05) is 0 Å². The molecule has 1 rings (SSSR count). The van der Waals surface area contributed by atoms with Crippen molar-refractivity contribution in [2.45, 2.75) is 19.9 Å². The number of rotatable bonds is 4. The third-order valence-electron chi connectivity index (χ3n) is 2.70. The predicted octanol–water partition coefficient (Wildman–Crippen LogP) is 1.28. The lowest BCUT2D eigenvalue weighted by Crippen LogP contribution is -2.38. The Kier molecular flexibility index (Phi) is 4.45. The van der Waals surface area contributed by atoms with Crippen molar-refractivity contribution in [2.24, 2.45) is 5.92 Å². The van der Waals surface area contributed by atoms with Crippen LogP contribution in [0.4, 0.5) is 4.39 Å². The SMILES string of the molecule is CC(CO)C(C)NC(=O)c1ccc(F)cc1O. The molecule has 94 valence electrons. The van der Waals surface area contributed by atoms with E-state index in [1.54, 1.807) is 13.8 Å². The molecule has 3 N–H and O–H groups in total. The molecule has 1 aromatic carbocycles. The van der Waals surface area contributed by atoms with Gasteiger partial charge in [-0.2, -0.15) is 0 Å². The third-order valence-corrected chi connectivity index (χ3v) is 2.70. The van der Waals surface area contributed by atoms with Crippen LogP contribution in [0.2, 0.25) is 0 Å². The second kappa shape index (κ2) is 5.63. The molecular weight excluding hydrogens is 225 g/mol. The molecule has 0 aliphatic carbocycles. The van der Waals surface area contributed by atoms with Gasteiger partial charge in [0.05, 0.1) is 5.56 Å². The number of aliphatic hydroxyl groups excluding tert-OH is 1. The highest BCUT2D eigenvalue weighted by Crippen LogP contribution is 2.18. The van der Waals surface area contributed by atoms with Crippen LogP contribution in [0.5, 0.6) is 5.75 Å². The summed E-state index contributed by atoms with van der Waals surface area (Å²) in [6, 6.07) is 2.97. The number of aromatic hydroxyl groups is 1. The van der Waals surface area contributed by atoms with Crippen LogP contribution in [-0.4, -0.2) is 28.8 Å². The lowest BCUT2D eigenvalue weighted by atomic mass is 10.0. The van der Waals surface area contributed by atoms with E-state index in [4.69, 9.17) is 5.11 Å². The molecule has 5 heteroatoms. The summed E-state index contributed by atoms with van der Waals surface area (Å²) >= 11 is 0. The Bertz CT molecular complexity index is 409. The quantitative estimate of drug-likeness (QED) is 0.743. The smallest absolute Gasteiger partial charge is 0.255 e. The summed E-state index contributed by atoms with van der Waals surface area (Å²) in [5.74, 6) is -1.58. The van der Waals surface area contributed by atoms with Crippen LogP contribution in [0.25, 0.3) is 0 Å². The van der Waals surface area contributed by atoms with E-state index in [0.29, 0.717) is 0 Å². The number of phenolic OH excluding ortho intramolecular Hbond substituents is 1. The van der Waals surface area contributed by atoms with Gasteiger partial charge in [-0.15, -0.1) is 0 Å². The van der Waals surface area contributed by atoms with Crippen molar-refractivity contribution in [1.29, 1.82) is 0 Å². The van der Waals surface area contributed by atoms with Crippen molar-refractivity contribution >= 4 is 5.91 Å². The molecule has 0 saturated carbocycles. The van der Waals surface area contributed by atoms with Crippen molar-refractivity contribution in [3.63, 3.8) is 0 Å². The molecule has 0 aliphatic heterocycles. The number of carbonyl (C=O) groups excluding carboxylic acids is 1. The lowest BCUT2D eigenvalue weighted by Gasteiger charge is -2.19. The second-order valence-corrected chi connectivity index (χ2v) is 4.08. The van der Waals surface area contributed by atoms with Gasteiger partial charge < -0.3 is 15.5 Å². The first-order chi connectivity index (χ1) is 7.95. The highest BCUT2D eigenvalue weighted by Gasteiger charge is 2.17. The first kappa shape index (κ1) is 13.4. The number of halogens is 1. The molecule has 4 nitrogen and oxygen atoms in total. The van der Waals surface area contributed by atoms with E-state index >= 15 is 0 Å². The van der Waals surface area contributed by atoms with Gasteiger partial charge in [-0.1, -0.05) is 6.92 Å². The Balaban J connectivity index is 2.76. The van der Waals surface area contributed by atoms with Gasteiger partial charge in [-0.25, -0.2) is 4.39 Å². The average molecular weight is 241 g/mol. The topological polar surface area (TPSA) is 69.6 Å². The van der Waals surface area contributed by atoms with E-state index in [2.05, 4.69) is 5.32 Å². The normalized spacial score (nSPS) is 14.1. The number of benzene rings is 1. The Morgan fingerprint density at radius 3 is 2.65 bits per heavy atom. The Morgan fingerprint density at radius 2 is 2.12 bits per heavy atom. The van der Waals surface area contributed by atoms with Crippen LogP contribution in [0, 0.1) is 11.7 Å². The number of hydrogen-bond acceptors (Lipinski definition) is 3. The number of amides is 1. The van der Waals surface area contributed by atoms with Gasteiger partial charge in [0, 0.05) is 18.7 Å². The number of aliphatic hydroxyl groups is 1. The van der Waals surface area contributed by atoms with Crippen LogP contribution < -0.4 is 5.32 Å². The standard InChI is InChI=1S/C12H16FNO3/c1-7(6-15)8(2)14-12(17)10-4-3-9(13)5-11(10)16/h3-5,7-8,15-16H,6H2,1-2H3,(H,14,17). The van der Waals surface area contributed by atoms with Crippen molar-refractivity contribution in [2.75, 3.05) is 6.61 Å². The number of nitrogens with one attached hydrogen (secondary N) is 1. The van der Waals surface area contributed by atoms with E-state index in [0.717, 1.165) is 12.1 Å². The van der Waals surface area contributed by atoms with Gasteiger partial charge in [-0.05, 0) is 25.0 Å². The van der Waals surface area contributed by atoms with Crippen molar-refractivity contribution < 1.29 is 19.4 Å². The van der Waals surface area contributed by atoms with Gasteiger partial charge in [0.1, 0.15) is 11.6 Å². The highest BCUT2D eigenvalue weighted by molar-refractivity contribution is 5.96. The molecule has 0 bridgehead atoms. The largest absolute Gasteiger partial charge is 0.507 e. The third kappa shape index (κ3) is 3.42. The molecule has 0 aromatic heterocycles. The fourth-order valence-corrected chi connectivity index (χ4v) is 1.28.